The molecule has 14 heavy (non-hydrogen) atoms. The summed E-state index contributed by atoms with van der Waals surface area (Å²) in [5, 5.41) is 3.45. The van der Waals surface area contributed by atoms with Crippen LogP contribution in [0.25, 0.3) is 0 Å². The van der Waals surface area contributed by atoms with Gasteiger partial charge in [-0.25, -0.2) is 0 Å². The van der Waals surface area contributed by atoms with E-state index in [9.17, 15) is 0 Å². The van der Waals surface area contributed by atoms with E-state index in [1.54, 1.807) is 6.26 Å². The first kappa shape index (κ1) is 9.74. The Labute approximate surface area is 84.4 Å². The zero-order valence-corrected chi connectivity index (χ0v) is 8.53. The van der Waals surface area contributed by atoms with Gasteiger partial charge in [0.05, 0.1) is 18.9 Å². The van der Waals surface area contributed by atoms with Crippen LogP contribution in [0.2, 0.25) is 0 Å². The second kappa shape index (κ2) is 4.62. The summed E-state index contributed by atoms with van der Waals surface area (Å²) in [5.41, 5.74) is 0. The molecule has 1 saturated heterocycles. The van der Waals surface area contributed by atoms with Crippen molar-refractivity contribution >= 4 is 0 Å². The number of ether oxygens (including phenoxy) is 1. The molecule has 1 N–H and O–H groups in total. The van der Waals surface area contributed by atoms with Gasteiger partial charge in [0.1, 0.15) is 5.76 Å². The Hall–Kier alpha value is -0.800. The average Bonchev–Trinajstić information content (AvgIpc) is 2.87. The predicted octanol–water partition coefficient (Wildman–Crippen LogP) is 1.97. The van der Waals surface area contributed by atoms with Crippen molar-refractivity contribution in [2.24, 2.45) is 5.92 Å². The first-order valence-corrected chi connectivity index (χ1v) is 5.26. The molecule has 78 valence electrons. The van der Waals surface area contributed by atoms with Gasteiger partial charge in [-0.2, -0.15) is 0 Å². The van der Waals surface area contributed by atoms with Gasteiger partial charge in [0.15, 0.2) is 0 Å². The lowest BCUT2D eigenvalue weighted by Gasteiger charge is -2.20. The first-order valence-electron chi connectivity index (χ1n) is 5.26. The molecule has 2 heterocycles. The maximum Gasteiger partial charge on any atom is 0.121 e. The molecule has 1 aromatic rings. The average molecular weight is 195 g/mol. The fourth-order valence-corrected chi connectivity index (χ4v) is 2.00. The second-order valence-electron chi connectivity index (χ2n) is 3.67. The summed E-state index contributed by atoms with van der Waals surface area (Å²) in [4.78, 5) is 0. The van der Waals surface area contributed by atoms with Crippen molar-refractivity contribution in [3.63, 3.8) is 0 Å². The summed E-state index contributed by atoms with van der Waals surface area (Å²) in [6.07, 6.45) is 2.86. The van der Waals surface area contributed by atoms with E-state index in [4.69, 9.17) is 9.15 Å². The van der Waals surface area contributed by atoms with Gasteiger partial charge in [-0.1, -0.05) is 6.92 Å². The Morgan fingerprint density at radius 3 is 3.14 bits per heavy atom. The van der Waals surface area contributed by atoms with Crippen LogP contribution in [0, 0.1) is 5.92 Å². The molecule has 1 aliphatic rings. The molecule has 0 spiro atoms. The molecule has 2 rings (SSSR count). The van der Waals surface area contributed by atoms with E-state index in [0.29, 0.717) is 12.0 Å². The van der Waals surface area contributed by atoms with E-state index >= 15 is 0 Å². The van der Waals surface area contributed by atoms with Crippen molar-refractivity contribution < 1.29 is 9.15 Å². The number of furan rings is 1. The Morgan fingerprint density at radius 1 is 1.64 bits per heavy atom. The highest BCUT2D eigenvalue weighted by Gasteiger charge is 2.27. The second-order valence-corrected chi connectivity index (χ2v) is 3.67. The highest BCUT2D eigenvalue weighted by Crippen LogP contribution is 2.28. The lowest BCUT2D eigenvalue weighted by atomic mass is 9.97. The third-order valence-corrected chi connectivity index (χ3v) is 2.71. The van der Waals surface area contributed by atoms with Crippen LogP contribution < -0.4 is 5.32 Å². The summed E-state index contributed by atoms with van der Waals surface area (Å²) in [6.45, 7) is 4.80. The van der Waals surface area contributed by atoms with Crippen LogP contribution in [0.15, 0.2) is 22.8 Å². The van der Waals surface area contributed by atoms with Crippen LogP contribution in [0.1, 0.15) is 25.1 Å². The van der Waals surface area contributed by atoms with Gasteiger partial charge >= 0.3 is 0 Å². The number of nitrogens with one attached hydrogen (secondary N) is 1. The van der Waals surface area contributed by atoms with Gasteiger partial charge in [-0.05, 0) is 25.1 Å². The summed E-state index contributed by atoms with van der Waals surface area (Å²) in [7, 11) is 0. The van der Waals surface area contributed by atoms with Crippen LogP contribution in [-0.4, -0.2) is 19.8 Å². The van der Waals surface area contributed by atoms with E-state index in [1.807, 2.05) is 12.1 Å². The molecule has 1 aromatic heterocycles. The highest BCUT2D eigenvalue weighted by molar-refractivity contribution is 5.06. The standard InChI is InChI=1S/C11H17NO2/c1-2-12-11(9-5-7-13-8-9)10-4-3-6-14-10/h3-4,6,9,11-12H,2,5,7-8H2,1H3. The summed E-state index contributed by atoms with van der Waals surface area (Å²) < 4.78 is 10.8. The SMILES string of the molecule is CCNC(c1ccco1)C1CCOC1. The molecule has 1 fully saturated rings. The third-order valence-electron chi connectivity index (χ3n) is 2.71. The molecule has 3 heteroatoms. The van der Waals surface area contributed by atoms with Crippen LogP contribution in [0.5, 0.6) is 0 Å². The van der Waals surface area contributed by atoms with Gasteiger partial charge in [0.2, 0.25) is 0 Å². The zero-order chi connectivity index (χ0) is 9.80. The summed E-state index contributed by atoms with van der Waals surface area (Å²) >= 11 is 0. The van der Waals surface area contributed by atoms with Crippen molar-refractivity contribution in [3.8, 4) is 0 Å². The Balaban J connectivity index is 2.06. The Bertz CT molecular complexity index is 252. The monoisotopic (exact) mass is 195 g/mol. The molecule has 0 aliphatic carbocycles. The van der Waals surface area contributed by atoms with E-state index < -0.39 is 0 Å². The largest absolute Gasteiger partial charge is 0.468 e. The van der Waals surface area contributed by atoms with Crippen LogP contribution in [0.4, 0.5) is 0 Å². The molecule has 0 saturated carbocycles. The molecular weight excluding hydrogens is 178 g/mol. The quantitative estimate of drug-likeness (QED) is 0.797. The molecule has 0 amide bonds. The number of hydrogen-bond acceptors (Lipinski definition) is 3. The topological polar surface area (TPSA) is 34.4 Å². The third kappa shape index (κ3) is 1.99. The molecule has 2 unspecified atom stereocenters. The summed E-state index contributed by atoms with van der Waals surface area (Å²) in [5.74, 6) is 1.59. The van der Waals surface area contributed by atoms with E-state index in [1.165, 1.54) is 0 Å². The van der Waals surface area contributed by atoms with Gasteiger partial charge in [-0.3, -0.25) is 0 Å². The Kier molecular flexibility index (Phi) is 3.22. The van der Waals surface area contributed by atoms with Crippen molar-refractivity contribution in [2.75, 3.05) is 19.8 Å². The summed E-state index contributed by atoms with van der Waals surface area (Å²) in [6, 6.07) is 4.29. The lowest BCUT2D eigenvalue weighted by molar-refractivity contribution is 0.173. The molecule has 0 bridgehead atoms. The highest BCUT2D eigenvalue weighted by atomic mass is 16.5. The fraction of sp³-hybridized carbons (Fsp3) is 0.636. The van der Waals surface area contributed by atoms with Gasteiger partial charge < -0.3 is 14.5 Å². The van der Waals surface area contributed by atoms with E-state index in [0.717, 1.165) is 31.9 Å². The molecule has 2 atom stereocenters. The van der Waals surface area contributed by atoms with Gasteiger partial charge in [0.25, 0.3) is 0 Å². The van der Waals surface area contributed by atoms with Crippen LogP contribution >= 0.6 is 0 Å². The molecule has 0 radical (unpaired) electrons. The maximum absolute atomic E-state index is 5.44. The predicted molar refractivity (Wildman–Crippen MR) is 54.1 cm³/mol. The molecule has 0 aromatic carbocycles. The van der Waals surface area contributed by atoms with Gasteiger partial charge in [0, 0.05) is 12.5 Å². The van der Waals surface area contributed by atoms with Crippen molar-refractivity contribution in [2.45, 2.75) is 19.4 Å². The smallest absolute Gasteiger partial charge is 0.121 e. The zero-order valence-electron chi connectivity index (χ0n) is 8.53. The Morgan fingerprint density at radius 2 is 2.57 bits per heavy atom. The first-order chi connectivity index (χ1) is 6.92. The molecule has 3 nitrogen and oxygen atoms in total. The minimum absolute atomic E-state index is 0.317. The molecular formula is C11H17NO2. The van der Waals surface area contributed by atoms with Crippen molar-refractivity contribution in [3.05, 3.63) is 24.2 Å². The number of hydrogen-bond donors (Lipinski definition) is 1. The van der Waals surface area contributed by atoms with E-state index in [-0.39, 0.29) is 0 Å². The maximum atomic E-state index is 5.44. The lowest BCUT2D eigenvalue weighted by Crippen LogP contribution is -2.28. The van der Waals surface area contributed by atoms with Crippen LogP contribution in [0.3, 0.4) is 0 Å². The molecule has 1 aliphatic heterocycles. The van der Waals surface area contributed by atoms with Crippen LogP contribution in [-0.2, 0) is 4.74 Å². The van der Waals surface area contributed by atoms with Crippen molar-refractivity contribution in [1.29, 1.82) is 0 Å². The van der Waals surface area contributed by atoms with Gasteiger partial charge in [-0.15, -0.1) is 0 Å². The fourth-order valence-electron chi connectivity index (χ4n) is 2.00. The normalized spacial score (nSPS) is 23.9. The number of rotatable bonds is 4. The van der Waals surface area contributed by atoms with E-state index in [2.05, 4.69) is 12.2 Å². The minimum Gasteiger partial charge on any atom is -0.468 e. The minimum atomic E-state index is 0.317. The van der Waals surface area contributed by atoms with Crippen molar-refractivity contribution in [1.82, 2.24) is 5.32 Å².